The van der Waals surface area contributed by atoms with Gasteiger partial charge in [0, 0.05) is 34.8 Å². The van der Waals surface area contributed by atoms with E-state index < -0.39 is 0 Å². The quantitative estimate of drug-likeness (QED) is 0.673. The van der Waals surface area contributed by atoms with E-state index in [9.17, 15) is 5.11 Å². The number of aliphatic hydroxyl groups excluding tert-OH is 1. The average Bonchev–Trinajstić information content (AvgIpc) is 2.44. The van der Waals surface area contributed by atoms with Crippen molar-refractivity contribution in [2.45, 2.75) is 44.1 Å². The molecule has 0 amide bonds. The molecule has 0 fully saturated rings. The lowest BCUT2D eigenvalue weighted by molar-refractivity contribution is -0.0679. The van der Waals surface area contributed by atoms with Gasteiger partial charge in [0.2, 0.25) is 0 Å². The SMILES string of the molecule is CCCC(CO)C(C)(CSc1ccc(Cl)cc1)OCC. The third kappa shape index (κ3) is 5.28. The summed E-state index contributed by atoms with van der Waals surface area (Å²) in [7, 11) is 0. The van der Waals surface area contributed by atoms with Gasteiger partial charge in [-0.3, -0.25) is 0 Å². The molecule has 1 N–H and O–H groups in total. The molecule has 20 heavy (non-hydrogen) atoms. The molecule has 0 radical (unpaired) electrons. The van der Waals surface area contributed by atoms with E-state index in [0.717, 1.165) is 23.6 Å². The minimum Gasteiger partial charge on any atom is -0.396 e. The zero-order chi connectivity index (χ0) is 15.0. The van der Waals surface area contributed by atoms with Crippen molar-refractivity contribution in [3.05, 3.63) is 29.3 Å². The highest BCUT2D eigenvalue weighted by atomic mass is 35.5. The smallest absolute Gasteiger partial charge is 0.0797 e. The van der Waals surface area contributed by atoms with Crippen LogP contribution in [0.3, 0.4) is 0 Å². The van der Waals surface area contributed by atoms with Crippen LogP contribution >= 0.6 is 23.4 Å². The Morgan fingerprint density at radius 1 is 1.30 bits per heavy atom. The molecule has 0 aliphatic carbocycles. The van der Waals surface area contributed by atoms with Crippen molar-refractivity contribution < 1.29 is 9.84 Å². The summed E-state index contributed by atoms with van der Waals surface area (Å²) in [5.41, 5.74) is -0.302. The maximum atomic E-state index is 9.65. The summed E-state index contributed by atoms with van der Waals surface area (Å²) in [6.07, 6.45) is 2.04. The first-order chi connectivity index (χ1) is 9.55. The third-order valence-electron chi connectivity index (χ3n) is 3.53. The van der Waals surface area contributed by atoms with Gasteiger partial charge in [-0.15, -0.1) is 11.8 Å². The van der Waals surface area contributed by atoms with E-state index in [-0.39, 0.29) is 18.1 Å². The van der Waals surface area contributed by atoms with E-state index in [2.05, 4.69) is 13.8 Å². The van der Waals surface area contributed by atoms with Crippen LogP contribution in [-0.2, 0) is 4.74 Å². The van der Waals surface area contributed by atoms with Crippen LogP contribution in [0.5, 0.6) is 0 Å². The Morgan fingerprint density at radius 2 is 1.95 bits per heavy atom. The van der Waals surface area contributed by atoms with Gasteiger partial charge in [-0.2, -0.15) is 0 Å². The zero-order valence-electron chi connectivity index (χ0n) is 12.6. The van der Waals surface area contributed by atoms with Gasteiger partial charge in [0.05, 0.1) is 5.60 Å². The van der Waals surface area contributed by atoms with Crippen molar-refractivity contribution in [3.8, 4) is 0 Å². The van der Waals surface area contributed by atoms with Crippen molar-refractivity contribution in [3.63, 3.8) is 0 Å². The van der Waals surface area contributed by atoms with E-state index in [0.29, 0.717) is 6.61 Å². The van der Waals surface area contributed by atoms with Crippen molar-refractivity contribution in [1.29, 1.82) is 0 Å². The van der Waals surface area contributed by atoms with Gasteiger partial charge in [0.25, 0.3) is 0 Å². The first-order valence-corrected chi connectivity index (χ1v) is 8.55. The molecule has 2 atom stereocenters. The number of hydrogen-bond acceptors (Lipinski definition) is 3. The van der Waals surface area contributed by atoms with E-state index >= 15 is 0 Å². The molecular formula is C16H25ClO2S. The first kappa shape index (κ1) is 17.8. The van der Waals surface area contributed by atoms with Crippen LogP contribution in [0, 0.1) is 5.92 Å². The number of halogens is 1. The lowest BCUT2D eigenvalue weighted by Gasteiger charge is -2.36. The molecule has 0 bridgehead atoms. The number of thioether (sulfide) groups is 1. The standard InChI is InChI=1S/C16H25ClO2S/c1-4-6-13(11-18)16(3,19-5-2)12-20-15-9-7-14(17)8-10-15/h7-10,13,18H,4-6,11-12H2,1-3H3. The van der Waals surface area contributed by atoms with E-state index in [1.807, 2.05) is 31.2 Å². The highest BCUT2D eigenvalue weighted by Gasteiger charge is 2.34. The molecule has 4 heteroatoms. The number of benzene rings is 1. The van der Waals surface area contributed by atoms with Crippen LogP contribution in [0.1, 0.15) is 33.6 Å². The summed E-state index contributed by atoms with van der Waals surface area (Å²) in [5.74, 6) is 1.00. The van der Waals surface area contributed by atoms with Crippen LogP contribution in [-0.4, -0.2) is 29.7 Å². The fraction of sp³-hybridized carbons (Fsp3) is 0.625. The lowest BCUT2D eigenvalue weighted by Crippen LogP contribution is -2.42. The molecule has 0 spiro atoms. The van der Waals surface area contributed by atoms with E-state index in [1.54, 1.807) is 11.8 Å². The summed E-state index contributed by atoms with van der Waals surface area (Å²) in [4.78, 5) is 1.17. The summed E-state index contributed by atoms with van der Waals surface area (Å²) >= 11 is 7.65. The highest BCUT2D eigenvalue weighted by molar-refractivity contribution is 7.99. The molecule has 114 valence electrons. The predicted octanol–water partition coefficient (Wildman–Crippen LogP) is 4.64. The molecule has 0 heterocycles. The molecular weight excluding hydrogens is 292 g/mol. The Bertz CT molecular complexity index is 383. The molecule has 0 aliphatic rings. The minimum absolute atomic E-state index is 0.172. The average molecular weight is 317 g/mol. The second-order valence-corrected chi connectivity index (χ2v) is 6.64. The lowest BCUT2D eigenvalue weighted by atomic mass is 9.87. The van der Waals surface area contributed by atoms with Crippen LogP contribution in [0.4, 0.5) is 0 Å². The molecule has 2 nitrogen and oxygen atoms in total. The summed E-state index contributed by atoms with van der Waals surface area (Å²) in [6.45, 7) is 7.09. The minimum atomic E-state index is -0.302. The molecule has 0 saturated carbocycles. The monoisotopic (exact) mass is 316 g/mol. The predicted molar refractivity (Wildman–Crippen MR) is 87.7 cm³/mol. The number of hydrogen-bond donors (Lipinski definition) is 1. The van der Waals surface area contributed by atoms with Gasteiger partial charge in [0.15, 0.2) is 0 Å². The molecule has 0 saturated heterocycles. The number of aliphatic hydroxyl groups is 1. The zero-order valence-corrected chi connectivity index (χ0v) is 14.1. The van der Waals surface area contributed by atoms with Crippen LogP contribution in [0.15, 0.2) is 29.2 Å². The van der Waals surface area contributed by atoms with Crippen LogP contribution in [0.25, 0.3) is 0 Å². The first-order valence-electron chi connectivity index (χ1n) is 7.19. The summed E-state index contributed by atoms with van der Waals surface area (Å²) in [5, 5.41) is 10.4. The van der Waals surface area contributed by atoms with Crippen molar-refractivity contribution in [1.82, 2.24) is 0 Å². The third-order valence-corrected chi connectivity index (χ3v) is 5.11. The van der Waals surface area contributed by atoms with Gasteiger partial charge in [0.1, 0.15) is 0 Å². The Hall–Kier alpha value is -0.220. The number of rotatable bonds is 9. The van der Waals surface area contributed by atoms with E-state index in [1.165, 1.54) is 4.90 Å². The topological polar surface area (TPSA) is 29.5 Å². The van der Waals surface area contributed by atoms with Crippen molar-refractivity contribution in [2.75, 3.05) is 19.0 Å². The fourth-order valence-electron chi connectivity index (χ4n) is 2.30. The van der Waals surface area contributed by atoms with Crippen molar-refractivity contribution in [2.24, 2.45) is 5.92 Å². The van der Waals surface area contributed by atoms with Gasteiger partial charge in [-0.05, 0) is 44.5 Å². The highest BCUT2D eigenvalue weighted by Crippen LogP contribution is 2.33. The molecule has 2 unspecified atom stereocenters. The van der Waals surface area contributed by atoms with Gasteiger partial charge in [-0.25, -0.2) is 0 Å². The number of ether oxygens (including phenoxy) is 1. The normalized spacial score (nSPS) is 15.8. The molecule has 1 rings (SSSR count). The maximum Gasteiger partial charge on any atom is 0.0797 e. The second-order valence-electron chi connectivity index (χ2n) is 5.16. The largest absolute Gasteiger partial charge is 0.396 e. The molecule has 1 aromatic carbocycles. The fourth-order valence-corrected chi connectivity index (χ4v) is 3.53. The summed E-state index contributed by atoms with van der Waals surface area (Å²) in [6, 6.07) is 7.84. The Labute approximate surface area is 131 Å². The molecule has 0 aliphatic heterocycles. The Balaban J connectivity index is 2.71. The van der Waals surface area contributed by atoms with Crippen LogP contribution in [0.2, 0.25) is 5.02 Å². The van der Waals surface area contributed by atoms with Crippen LogP contribution < -0.4 is 0 Å². The maximum absolute atomic E-state index is 9.65. The van der Waals surface area contributed by atoms with Gasteiger partial charge in [-0.1, -0.05) is 24.9 Å². The van der Waals surface area contributed by atoms with Crippen molar-refractivity contribution >= 4 is 23.4 Å². The summed E-state index contributed by atoms with van der Waals surface area (Å²) < 4.78 is 5.97. The van der Waals surface area contributed by atoms with Gasteiger partial charge >= 0.3 is 0 Å². The molecule has 0 aromatic heterocycles. The Morgan fingerprint density at radius 3 is 2.45 bits per heavy atom. The second kappa shape index (κ2) is 8.93. The molecule has 1 aromatic rings. The van der Waals surface area contributed by atoms with E-state index in [4.69, 9.17) is 16.3 Å². The Kier molecular flexibility index (Phi) is 7.96. The van der Waals surface area contributed by atoms with Gasteiger partial charge < -0.3 is 9.84 Å².